The summed E-state index contributed by atoms with van der Waals surface area (Å²) in [7, 11) is 0. The summed E-state index contributed by atoms with van der Waals surface area (Å²) in [5, 5.41) is 6.72. The van der Waals surface area contributed by atoms with Crippen LogP contribution in [0, 0.1) is 11.8 Å². The number of nitrogens with one attached hydrogen (secondary N) is 2. The number of carbonyl (C=O) groups is 2. The topological polar surface area (TPSA) is 64.7 Å². The second-order valence-corrected chi connectivity index (χ2v) is 17.2. The average Bonchev–Trinajstić information content (AvgIpc) is 3.95. The van der Waals surface area contributed by atoms with Gasteiger partial charge in [0, 0.05) is 48.2 Å². The molecule has 3 aromatic rings. The van der Waals surface area contributed by atoms with Crippen LogP contribution in [0.25, 0.3) is 0 Å². The summed E-state index contributed by atoms with van der Waals surface area (Å²) in [5.41, 5.74) is 8.01. The minimum absolute atomic E-state index is 0.0232. The Labute approximate surface area is 311 Å². The molecule has 4 heterocycles. The van der Waals surface area contributed by atoms with Crippen molar-refractivity contribution in [1.29, 1.82) is 0 Å². The molecular formula is C46H58N4O2. The van der Waals surface area contributed by atoms with E-state index in [0.717, 1.165) is 48.6 Å². The maximum Gasteiger partial charge on any atom is 0.251 e. The molecule has 0 radical (unpaired) electrons. The average molecular weight is 699 g/mol. The third-order valence-corrected chi connectivity index (χ3v) is 14.3. The molecule has 3 aromatic carbocycles. The van der Waals surface area contributed by atoms with Crippen molar-refractivity contribution < 1.29 is 9.59 Å². The Hall–Kier alpha value is -3.48. The first-order valence-corrected chi connectivity index (χ1v) is 21.0. The largest absolute Gasteiger partial charge is 0.353 e. The van der Waals surface area contributed by atoms with Crippen LogP contribution in [0.15, 0.2) is 72.8 Å². The third kappa shape index (κ3) is 6.86. The summed E-state index contributed by atoms with van der Waals surface area (Å²) in [6.45, 7) is 2.40. The number of amides is 2. The molecule has 0 aromatic heterocycles. The van der Waals surface area contributed by atoms with Crippen LogP contribution >= 0.6 is 0 Å². The van der Waals surface area contributed by atoms with Gasteiger partial charge in [0.05, 0.1) is 0 Å². The molecule has 2 saturated heterocycles. The lowest BCUT2D eigenvalue weighted by Crippen LogP contribution is -2.39. The molecular weight excluding hydrogens is 641 g/mol. The number of hydrogen-bond donors (Lipinski definition) is 2. The molecule has 2 N–H and O–H groups in total. The van der Waals surface area contributed by atoms with Gasteiger partial charge in [0.1, 0.15) is 0 Å². The second-order valence-electron chi connectivity index (χ2n) is 17.2. The number of hydrogen-bond acceptors (Lipinski definition) is 4. The maximum atomic E-state index is 13.5. The monoisotopic (exact) mass is 698 g/mol. The summed E-state index contributed by atoms with van der Waals surface area (Å²) in [6.07, 6.45) is 17.9. The zero-order chi connectivity index (χ0) is 35.0. The van der Waals surface area contributed by atoms with Crippen LogP contribution < -0.4 is 10.6 Å². The normalized spacial score (nSPS) is 30.6. The minimum Gasteiger partial charge on any atom is -0.353 e. The first-order chi connectivity index (χ1) is 25.6. The van der Waals surface area contributed by atoms with E-state index in [-0.39, 0.29) is 23.9 Å². The minimum atomic E-state index is 0.0232. The lowest BCUT2D eigenvalue weighted by molar-refractivity contribution is -0.122. The van der Waals surface area contributed by atoms with E-state index >= 15 is 0 Å². The van der Waals surface area contributed by atoms with Crippen LogP contribution in [0.5, 0.6) is 0 Å². The highest BCUT2D eigenvalue weighted by molar-refractivity contribution is 5.96. The molecule has 6 heteroatoms. The first-order valence-electron chi connectivity index (χ1n) is 21.0. The molecule has 2 aliphatic carbocycles. The van der Waals surface area contributed by atoms with Crippen LogP contribution in [0.2, 0.25) is 0 Å². The molecule has 0 unspecified atom stereocenters. The Morgan fingerprint density at radius 2 is 0.942 bits per heavy atom. The fourth-order valence-corrected chi connectivity index (χ4v) is 11.6. The number of carbonyl (C=O) groups excluding carboxylic acids is 2. The molecule has 4 bridgehead atoms. The summed E-state index contributed by atoms with van der Waals surface area (Å²) in [4.78, 5) is 32.2. The van der Waals surface area contributed by atoms with E-state index in [1.807, 2.05) is 24.3 Å². The van der Waals surface area contributed by atoms with Crippen LogP contribution in [0.1, 0.15) is 159 Å². The van der Waals surface area contributed by atoms with Gasteiger partial charge in [-0.2, -0.15) is 0 Å². The third-order valence-electron chi connectivity index (χ3n) is 14.3. The van der Waals surface area contributed by atoms with Crippen molar-refractivity contribution >= 4 is 11.8 Å². The van der Waals surface area contributed by atoms with Crippen molar-refractivity contribution in [1.82, 2.24) is 20.4 Å². The quantitative estimate of drug-likeness (QED) is 0.198. The lowest BCUT2D eigenvalue weighted by Gasteiger charge is -2.31. The lowest BCUT2D eigenvalue weighted by atomic mass is 9.83. The van der Waals surface area contributed by atoms with Gasteiger partial charge in [-0.25, -0.2) is 0 Å². The molecule has 4 atom stereocenters. The van der Waals surface area contributed by atoms with Crippen molar-refractivity contribution in [2.75, 3.05) is 13.1 Å². The number of benzene rings is 3. The highest BCUT2D eigenvalue weighted by atomic mass is 16.2. The van der Waals surface area contributed by atoms with Crippen LogP contribution in [0.4, 0.5) is 0 Å². The van der Waals surface area contributed by atoms with Crippen molar-refractivity contribution in [2.45, 2.75) is 139 Å². The van der Waals surface area contributed by atoms with Gasteiger partial charge in [-0.15, -0.1) is 0 Å². The van der Waals surface area contributed by atoms with Gasteiger partial charge < -0.3 is 10.6 Å². The van der Waals surface area contributed by atoms with Crippen LogP contribution in [-0.2, 0) is 11.2 Å². The Balaban J connectivity index is 0.681. The summed E-state index contributed by atoms with van der Waals surface area (Å²) >= 11 is 0. The summed E-state index contributed by atoms with van der Waals surface area (Å²) in [6, 6.07) is 29.1. The Kier molecular flexibility index (Phi) is 9.96. The van der Waals surface area contributed by atoms with Gasteiger partial charge in [-0.3, -0.25) is 19.4 Å². The van der Waals surface area contributed by atoms with E-state index < -0.39 is 0 Å². The molecule has 4 fully saturated rings. The SMILES string of the molecule is O=C(CCc1ccccc1C(=O)NC1CCC(CCN2[C@@H]3CC[C@H]2c2ccccc23)CC1)NC1CCC(CCN2[C@@H]3CC[C@H]2c2ccccc23)CC1. The Bertz CT molecular complexity index is 1680. The molecule has 274 valence electrons. The summed E-state index contributed by atoms with van der Waals surface area (Å²) < 4.78 is 0. The number of aryl methyl sites for hydroxylation is 1. The molecule has 2 amide bonds. The molecule has 2 saturated carbocycles. The number of rotatable bonds is 12. The van der Waals surface area contributed by atoms with Crippen molar-refractivity contribution in [3.63, 3.8) is 0 Å². The van der Waals surface area contributed by atoms with E-state index in [1.54, 1.807) is 22.3 Å². The molecule has 4 aliphatic heterocycles. The fourth-order valence-electron chi connectivity index (χ4n) is 11.6. The highest BCUT2D eigenvalue weighted by Gasteiger charge is 2.44. The van der Waals surface area contributed by atoms with Gasteiger partial charge in [0.2, 0.25) is 5.91 Å². The van der Waals surface area contributed by atoms with E-state index in [9.17, 15) is 9.59 Å². The molecule has 52 heavy (non-hydrogen) atoms. The molecule has 6 aliphatic rings. The predicted octanol–water partition coefficient (Wildman–Crippen LogP) is 9.15. The second kappa shape index (κ2) is 15.1. The highest BCUT2D eigenvalue weighted by Crippen LogP contribution is 2.54. The number of nitrogens with zero attached hydrogens (tertiary/aromatic N) is 2. The van der Waals surface area contributed by atoms with E-state index in [0.29, 0.717) is 37.0 Å². The predicted molar refractivity (Wildman–Crippen MR) is 207 cm³/mol. The molecule has 6 nitrogen and oxygen atoms in total. The smallest absolute Gasteiger partial charge is 0.251 e. The van der Waals surface area contributed by atoms with Gasteiger partial charge in [0.25, 0.3) is 5.91 Å². The number of fused-ring (bicyclic) bond motifs is 10. The molecule has 9 rings (SSSR count). The zero-order valence-electron chi connectivity index (χ0n) is 31.0. The van der Waals surface area contributed by atoms with Gasteiger partial charge in [-0.05, 0) is 155 Å². The molecule has 0 spiro atoms. The van der Waals surface area contributed by atoms with Gasteiger partial charge in [-0.1, -0.05) is 66.7 Å². The van der Waals surface area contributed by atoms with Crippen molar-refractivity contribution in [3.05, 3.63) is 106 Å². The van der Waals surface area contributed by atoms with Crippen LogP contribution in [-0.4, -0.2) is 46.8 Å². The standard InChI is InChI=1S/C46H58N4O2/c51-45(47-34-18-13-31(14-19-34)27-29-49-41-22-23-42(49)38-10-4-3-9-37(38)41)26-17-33-7-1-2-8-36(33)46(52)48-35-20-15-32(16-21-35)28-30-50-43-24-25-44(50)40-12-6-5-11-39(40)43/h1-12,31-32,34-35,41-44H,13-30H2,(H,47,51)(H,48,52)/t31?,32?,34?,35?,41-,42+,43-,44+. The summed E-state index contributed by atoms with van der Waals surface area (Å²) in [5.74, 6) is 1.66. The Morgan fingerprint density at radius 1 is 0.519 bits per heavy atom. The Morgan fingerprint density at radius 3 is 1.42 bits per heavy atom. The van der Waals surface area contributed by atoms with Gasteiger partial charge >= 0.3 is 0 Å². The zero-order valence-corrected chi connectivity index (χ0v) is 31.0. The van der Waals surface area contributed by atoms with Gasteiger partial charge in [0.15, 0.2) is 0 Å². The van der Waals surface area contributed by atoms with Crippen LogP contribution in [0.3, 0.4) is 0 Å². The van der Waals surface area contributed by atoms with E-state index in [1.165, 1.54) is 77.3 Å². The fraction of sp³-hybridized carbons (Fsp3) is 0.565. The van der Waals surface area contributed by atoms with Crippen molar-refractivity contribution in [3.8, 4) is 0 Å². The van der Waals surface area contributed by atoms with E-state index in [4.69, 9.17) is 0 Å². The van der Waals surface area contributed by atoms with Crippen molar-refractivity contribution in [2.24, 2.45) is 11.8 Å². The van der Waals surface area contributed by atoms with E-state index in [2.05, 4.69) is 69.0 Å². The first kappa shape index (κ1) is 34.3. The maximum absolute atomic E-state index is 13.5.